The number of carboxylic acids is 1. The van der Waals surface area contributed by atoms with E-state index in [1.165, 1.54) is 11.2 Å². The zero-order valence-corrected chi connectivity index (χ0v) is 17.5. The Morgan fingerprint density at radius 2 is 2.07 bits per heavy atom. The SMILES string of the molecule is CCOC(=O)CN1C(=O)/C(=C/N2N=C(c3ccc(C)cc3)C[C@H]2C(=O)O)SC1=S. The highest BCUT2D eigenvalue weighted by Crippen LogP contribution is 2.33. The third-order valence-electron chi connectivity index (χ3n) is 4.33. The molecule has 2 aliphatic rings. The van der Waals surface area contributed by atoms with Crippen molar-refractivity contribution in [2.45, 2.75) is 26.3 Å². The highest BCUT2D eigenvalue weighted by atomic mass is 32.2. The number of thiocarbonyl (C=S) groups is 1. The standard InChI is InChI=1S/C19H19N3O5S2/c1-3-27-16(23)10-21-17(24)15(29-19(21)28)9-22-14(18(25)26)8-13(20-22)12-6-4-11(2)5-7-12/h4-7,9,14H,3,8,10H2,1-2H3,(H,25,26)/b15-9-/t14-/m0/s1. The van der Waals surface area contributed by atoms with E-state index in [-0.39, 0.29) is 28.8 Å². The normalized spacial score (nSPS) is 20.4. The summed E-state index contributed by atoms with van der Waals surface area (Å²) in [4.78, 5) is 37.4. The molecule has 1 atom stereocenters. The number of nitrogens with zero attached hydrogens (tertiary/aromatic N) is 3. The van der Waals surface area contributed by atoms with Crippen LogP contribution in [-0.2, 0) is 19.1 Å². The summed E-state index contributed by atoms with van der Waals surface area (Å²) in [5.41, 5.74) is 2.53. The second-order valence-corrected chi connectivity index (χ2v) is 8.08. The van der Waals surface area contributed by atoms with Crippen molar-refractivity contribution in [3.8, 4) is 0 Å². The van der Waals surface area contributed by atoms with Gasteiger partial charge in [0.2, 0.25) is 0 Å². The van der Waals surface area contributed by atoms with Crippen molar-refractivity contribution in [2.24, 2.45) is 5.10 Å². The minimum Gasteiger partial charge on any atom is -0.480 e. The van der Waals surface area contributed by atoms with Crippen molar-refractivity contribution in [2.75, 3.05) is 13.2 Å². The average Bonchev–Trinajstić information content (AvgIpc) is 3.20. The van der Waals surface area contributed by atoms with Gasteiger partial charge in [-0.2, -0.15) is 5.10 Å². The van der Waals surface area contributed by atoms with Crippen LogP contribution in [0.15, 0.2) is 40.5 Å². The molecule has 0 spiro atoms. The number of thioether (sulfide) groups is 1. The minimum atomic E-state index is -1.05. The molecule has 0 saturated carbocycles. The van der Waals surface area contributed by atoms with Gasteiger partial charge < -0.3 is 9.84 Å². The van der Waals surface area contributed by atoms with E-state index in [9.17, 15) is 19.5 Å². The van der Waals surface area contributed by atoms with Gasteiger partial charge in [-0.1, -0.05) is 53.8 Å². The van der Waals surface area contributed by atoms with Crippen LogP contribution in [0.25, 0.3) is 0 Å². The number of hydrogen-bond donors (Lipinski definition) is 1. The highest BCUT2D eigenvalue weighted by molar-refractivity contribution is 8.26. The summed E-state index contributed by atoms with van der Waals surface area (Å²) in [6, 6.07) is 6.69. The Hall–Kier alpha value is -2.72. The van der Waals surface area contributed by atoms with Crippen LogP contribution in [0, 0.1) is 6.92 Å². The van der Waals surface area contributed by atoms with Crippen molar-refractivity contribution >= 4 is 51.9 Å². The molecule has 0 radical (unpaired) electrons. The summed E-state index contributed by atoms with van der Waals surface area (Å²) >= 11 is 6.18. The molecular weight excluding hydrogens is 414 g/mol. The first-order valence-corrected chi connectivity index (χ1v) is 10.1. The number of carboxylic acid groups (broad SMARTS) is 1. The van der Waals surface area contributed by atoms with Gasteiger partial charge in [0, 0.05) is 12.6 Å². The van der Waals surface area contributed by atoms with Crippen molar-refractivity contribution in [3.63, 3.8) is 0 Å². The van der Waals surface area contributed by atoms with Gasteiger partial charge in [-0.3, -0.25) is 19.5 Å². The maximum atomic E-state index is 12.6. The first-order valence-electron chi connectivity index (χ1n) is 8.87. The molecule has 1 N–H and O–H groups in total. The van der Waals surface area contributed by atoms with Gasteiger partial charge in [-0.25, -0.2) is 4.79 Å². The zero-order valence-electron chi connectivity index (χ0n) is 15.8. The number of esters is 1. The van der Waals surface area contributed by atoms with E-state index >= 15 is 0 Å². The van der Waals surface area contributed by atoms with Crippen LogP contribution in [0.4, 0.5) is 0 Å². The van der Waals surface area contributed by atoms with E-state index in [1.807, 2.05) is 31.2 Å². The lowest BCUT2D eigenvalue weighted by Gasteiger charge is -2.16. The summed E-state index contributed by atoms with van der Waals surface area (Å²) in [6.07, 6.45) is 1.59. The molecule has 2 heterocycles. The molecule has 10 heteroatoms. The fourth-order valence-corrected chi connectivity index (χ4v) is 4.07. The Kier molecular flexibility index (Phi) is 6.33. The molecule has 8 nitrogen and oxygen atoms in total. The summed E-state index contributed by atoms with van der Waals surface area (Å²) < 4.78 is 5.07. The van der Waals surface area contributed by atoms with Gasteiger partial charge in [0.1, 0.15) is 10.9 Å². The Morgan fingerprint density at radius 3 is 2.69 bits per heavy atom. The van der Waals surface area contributed by atoms with Gasteiger partial charge >= 0.3 is 11.9 Å². The van der Waals surface area contributed by atoms with E-state index in [4.69, 9.17) is 17.0 Å². The fourth-order valence-electron chi connectivity index (χ4n) is 2.85. The van der Waals surface area contributed by atoms with Crippen LogP contribution in [0.5, 0.6) is 0 Å². The predicted octanol–water partition coefficient (Wildman–Crippen LogP) is 2.12. The van der Waals surface area contributed by atoms with Crippen LogP contribution < -0.4 is 0 Å². The predicted molar refractivity (Wildman–Crippen MR) is 112 cm³/mol. The average molecular weight is 434 g/mol. The molecule has 29 heavy (non-hydrogen) atoms. The van der Waals surface area contributed by atoms with Gasteiger partial charge in [-0.05, 0) is 19.4 Å². The molecule has 1 aromatic carbocycles. The second-order valence-electron chi connectivity index (χ2n) is 6.41. The van der Waals surface area contributed by atoms with Crippen molar-refractivity contribution in [3.05, 3.63) is 46.5 Å². The molecule has 0 aliphatic carbocycles. The lowest BCUT2D eigenvalue weighted by atomic mass is 10.0. The summed E-state index contributed by atoms with van der Waals surface area (Å²) in [7, 11) is 0. The fraction of sp³-hybridized carbons (Fsp3) is 0.316. The number of hydrogen-bond acceptors (Lipinski definition) is 8. The van der Waals surface area contributed by atoms with E-state index < -0.39 is 23.9 Å². The molecule has 2 aliphatic heterocycles. The Morgan fingerprint density at radius 1 is 1.38 bits per heavy atom. The van der Waals surface area contributed by atoms with Gasteiger partial charge in [0.25, 0.3) is 5.91 Å². The lowest BCUT2D eigenvalue weighted by molar-refractivity contribution is -0.145. The first kappa shape index (κ1) is 21.0. The molecule has 1 aromatic rings. The number of hydrazone groups is 1. The number of carbonyl (C=O) groups excluding carboxylic acids is 2. The molecule has 0 unspecified atom stereocenters. The van der Waals surface area contributed by atoms with E-state index in [0.29, 0.717) is 5.71 Å². The number of rotatable bonds is 6. The maximum absolute atomic E-state index is 12.6. The van der Waals surface area contributed by atoms with Crippen LogP contribution >= 0.6 is 24.0 Å². The molecule has 152 valence electrons. The van der Waals surface area contributed by atoms with E-state index in [2.05, 4.69) is 5.10 Å². The number of ether oxygens (including phenoxy) is 1. The molecule has 0 aromatic heterocycles. The van der Waals surface area contributed by atoms with Crippen LogP contribution in [0.1, 0.15) is 24.5 Å². The monoisotopic (exact) mass is 433 g/mol. The zero-order chi connectivity index (χ0) is 21.1. The number of amides is 1. The second kappa shape index (κ2) is 8.75. The van der Waals surface area contributed by atoms with Crippen LogP contribution in [0.2, 0.25) is 0 Å². The smallest absolute Gasteiger partial charge is 0.328 e. The first-order chi connectivity index (χ1) is 13.8. The quantitative estimate of drug-likeness (QED) is 0.414. The molecule has 0 bridgehead atoms. The maximum Gasteiger partial charge on any atom is 0.328 e. The minimum absolute atomic E-state index is 0.202. The molecule has 1 saturated heterocycles. The Labute approximate surface area is 177 Å². The molecule has 3 rings (SSSR count). The highest BCUT2D eigenvalue weighted by Gasteiger charge is 2.37. The number of benzene rings is 1. The Bertz CT molecular complexity index is 926. The lowest BCUT2D eigenvalue weighted by Crippen LogP contribution is -2.35. The van der Waals surface area contributed by atoms with Crippen LogP contribution in [0.3, 0.4) is 0 Å². The third-order valence-corrected chi connectivity index (χ3v) is 5.69. The molecule has 1 amide bonds. The van der Waals surface area contributed by atoms with Gasteiger partial charge in [0.15, 0.2) is 6.04 Å². The van der Waals surface area contributed by atoms with Crippen LogP contribution in [-0.4, -0.2) is 62.1 Å². The Balaban J connectivity index is 1.83. The molecule has 1 fully saturated rings. The van der Waals surface area contributed by atoms with Crippen molar-refractivity contribution in [1.82, 2.24) is 9.91 Å². The van der Waals surface area contributed by atoms with E-state index in [1.54, 1.807) is 6.92 Å². The largest absolute Gasteiger partial charge is 0.480 e. The number of aliphatic carboxylic acids is 1. The van der Waals surface area contributed by atoms with Gasteiger partial charge in [-0.15, -0.1) is 0 Å². The van der Waals surface area contributed by atoms with Crippen molar-refractivity contribution in [1.29, 1.82) is 0 Å². The molecular formula is C19H19N3O5S2. The number of carbonyl (C=O) groups is 3. The summed E-state index contributed by atoms with van der Waals surface area (Å²) in [5.74, 6) is -2.08. The van der Waals surface area contributed by atoms with E-state index in [0.717, 1.165) is 27.8 Å². The topological polar surface area (TPSA) is 99.5 Å². The third kappa shape index (κ3) is 4.65. The number of aryl methyl sites for hydroxylation is 1. The summed E-state index contributed by atoms with van der Waals surface area (Å²) in [5, 5.41) is 15.3. The van der Waals surface area contributed by atoms with Gasteiger partial charge in [0.05, 0.1) is 17.2 Å². The summed E-state index contributed by atoms with van der Waals surface area (Å²) in [6.45, 7) is 3.56. The van der Waals surface area contributed by atoms with Crippen molar-refractivity contribution < 1.29 is 24.2 Å².